The van der Waals surface area contributed by atoms with Crippen LogP contribution in [0.2, 0.25) is 5.02 Å². The first-order valence-corrected chi connectivity index (χ1v) is 26.2. The zero-order valence-corrected chi connectivity index (χ0v) is 44.4. The standard InChI is InChI=1S/C58H75ClFN10O2/c1-37(2)62-21-15-48(61-8)31-47-14-20-63-40(5)50(47)29-38(3)42(7)69-24-18-45(19-25-69)57-39(4)28-43(30-51(57)60)34-68-26-27-70-55(36-68)58(59)54(66-70)35-67-22-16-44(17-23-67)46-10-12-53(56(32-46)72-9)65-52-13-11-49(71)33-64-41(52)6/h10,12,14-15,18,20-21,28-32,34,37,42,44,52,61-62,64-65H,6,11,13,16-17,19,22-27,33,35-36H2,1-5,7-9H3/q+1/b21-15-,38-29+,48-31+,68-34?. The average Bonchev–Trinajstić information content (AvgIpc) is 3.57. The van der Waals surface area contributed by atoms with Crippen molar-refractivity contribution in [2.75, 3.05) is 58.7 Å². The molecule has 382 valence electrons. The van der Waals surface area contributed by atoms with Crippen LogP contribution in [0, 0.1) is 19.7 Å². The predicted octanol–water partition coefficient (Wildman–Crippen LogP) is 9.62. The van der Waals surface area contributed by atoms with E-state index in [1.807, 2.05) is 26.4 Å². The largest absolute Gasteiger partial charge is 0.495 e. The van der Waals surface area contributed by atoms with Gasteiger partial charge in [-0.15, -0.1) is 0 Å². The predicted molar refractivity (Wildman–Crippen MR) is 292 cm³/mol. The molecule has 0 amide bonds. The van der Waals surface area contributed by atoms with E-state index in [0.29, 0.717) is 51.0 Å². The summed E-state index contributed by atoms with van der Waals surface area (Å²) < 4.78 is 26.3. The van der Waals surface area contributed by atoms with Gasteiger partial charge in [0.05, 0.1) is 36.1 Å². The van der Waals surface area contributed by atoms with Gasteiger partial charge in [0.15, 0.2) is 25.1 Å². The molecule has 4 aliphatic rings. The van der Waals surface area contributed by atoms with Gasteiger partial charge in [0.25, 0.3) is 0 Å². The lowest BCUT2D eigenvalue weighted by molar-refractivity contribution is -0.548. The number of rotatable bonds is 16. The van der Waals surface area contributed by atoms with Gasteiger partial charge in [-0.3, -0.25) is 24.3 Å². The lowest BCUT2D eigenvalue weighted by Crippen LogP contribution is -2.37. The number of aromatic nitrogens is 3. The van der Waals surface area contributed by atoms with Crippen LogP contribution in [0.3, 0.4) is 0 Å². The Kier molecular flexibility index (Phi) is 17.2. The van der Waals surface area contributed by atoms with Crippen molar-refractivity contribution >= 4 is 47.0 Å². The first-order chi connectivity index (χ1) is 34.7. The number of carbonyl (C=O) groups is 1. The molecule has 0 aliphatic carbocycles. The van der Waals surface area contributed by atoms with Crippen molar-refractivity contribution in [1.29, 1.82) is 0 Å². The van der Waals surface area contributed by atoms with Crippen LogP contribution in [0.4, 0.5) is 10.1 Å². The molecule has 14 heteroatoms. The van der Waals surface area contributed by atoms with Gasteiger partial charge in [0.2, 0.25) is 0 Å². The van der Waals surface area contributed by atoms with Crippen LogP contribution in [-0.2, 0) is 24.4 Å². The summed E-state index contributed by atoms with van der Waals surface area (Å²) in [7, 11) is 3.64. The van der Waals surface area contributed by atoms with Crippen LogP contribution in [0.1, 0.15) is 116 Å². The number of piperidine rings is 1. The van der Waals surface area contributed by atoms with E-state index < -0.39 is 0 Å². The molecule has 2 aromatic carbocycles. The van der Waals surface area contributed by atoms with Crippen molar-refractivity contribution < 1.29 is 18.5 Å². The molecule has 12 nitrogen and oxygen atoms in total. The van der Waals surface area contributed by atoms with E-state index in [-0.39, 0.29) is 23.7 Å². The second-order valence-electron chi connectivity index (χ2n) is 20.3. The van der Waals surface area contributed by atoms with E-state index >= 15 is 4.39 Å². The summed E-state index contributed by atoms with van der Waals surface area (Å²) >= 11 is 7.11. The minimum Gasteiger partial charge on any atom is -0.495 e. The molecule has 0 bridgehead atoms. The molecule has 72 heavy (non-hydrogen) atoms. The van der Waals surface area contributed by atoms with Crippen molar-refractivity contribution in [3.63, 3.8) is 0 Å². The fraction of sp³-hybridized carbons (Fsp3) is 0.448. The van der Waals surface area contributed by atoms with Crippen LogP contribution in [0.15, 0.2) is 84.5 Å². The molecule has 8 rings (SSSR count). The fourth-order valence-corrected chi connectivity index (χ4v) is 10.8. The minimum absolute atomic E-state index is 0.0412. The topological polar surface area (TPSA) is 115 Å². The van der Waals surface area contributed by atoms with Gasteiger partial charge >= 0.3 is 0 Å². The van der Waals surface area contributed by atoms with Crippen LogP contribution in [0.5, 0.6) is 5.75 Å². The molecule has 2 saturated heterocycles. The second-order valence-corrected chi connectivity index (χ2v) is 20.7. The maximum absolute atomic E-state index is 16.2. The number of nitrogens with zero attached hydrogens (tertiary/aromatic N) is 6. The number of likely N-dealkylation sites (tertiary alicyclic amines) is 1. The third-order valence-corrected chi connectivity index (χ3v) is 15.4. The zero-order valence-electron chi connectivity index (χ0n) is 43.7. The fourth-order valence-electron chi connectivity index (χ4n) is 10.5. The van der Waals surface area contributed by atoms with Crippen LogP contribution >= 0.6 is 11.6 Å². The van der Waals surface area contributed by atoms with Crippen LogP contribution < -0.4 is 26.0 Å². The maximum atomic E-state index is 16.2. The number of nitrogens with one attached hydrogen (secondary N) is 4. The van der Waals surface area contributed by atoms with Gasteiger partial charge in [-0.25, -0.2) is 8.97 Å². The summed E-state index contributed by atoms with van der Waals surface area (Å²) in [5.74, 6) is 1.24. The number of halogens is 2. The molecule has 2 atom stereocenters. The number of Topliss-reactive ketones (excluding diaryl/α,β-unsaturated/α-hetero) is 1. The summed E-state index contributed by atoms with van der Waals surface area (Å²) in [6, 6.07) is 12.8. The van der Waals surface area contributed by atoms with E-state index in [0.717, 1.165) is 130 Å². The molecule has 4 N–H and O–H groups in total. The average molecular weight is 999 g/mol. The molecular formula is C58H75ClFN10O2+. The Morgan fingerprint density at radius 3 is 2.60 bits per heavy atom. The lowest BCUT2D eigenvalue weighted by Gasteiger charge is -2.33. The summed E-state index contributed by atoms with van der Waals surface area (Å²) in [6.07, 6.45) is 18.7. The number of pyridine rings is 1. The van der Waals surface area contributed by atoms with Crippen molar-refractivity contribution in [1.82, 2.24) is 40.5 Å². The van der Waals surface area contributed by atoms with E-state index in [4.69, 9.17) is 21.4 Å². The van der Waals surface area contributed by atoms with Crippen molar-refractivity contribution in [3.05, 3.63) is 146 Å². The van der Waals surface area contributed by atoms with Gasteiger partial charge < -0.3 is 26.0 Å². The van der Waals surface area contributed by atoms with E-state index in [1.54, 1.807) is 13.2 Å². The molecule has 2 aromatic heterocycles. The Morgan fingerprint density at radius 2 is 1.88 bits per heavy atom. The van der Waals surface area contributed by atoms with E-state index in [2.05, 4.69) is 147 Å². The van der Waals surface area contributed by atoms with Crippen molar-refractivity contribution in [2.24, 2.45) is 0 Å². The number of likely N-dealkylation sites (N-methyl/N-ethyl adjacent to an activating group) is 1. The minimum atomic E-state index is -0.179. The second kappa shape index (κ2) is 23.7. The quantitative estimate of drug-likeness (QED) is 0.0640. The number of methoxy groups -OCH3 is 1. The Labute approximate surface area is 431 Å². The normalized spacial score (nSPS) is 19.8. The Morgan fingerprint density at radius 1 is 1.07 bits per heavy atom. The molecule has 2 fully saturated rings. The number of benzene rings is 2. The number of carbonyl (C=O) groups excluding carboxylic acids is 1. The van der Waals surface area contributed by atoms with E-state index in [9.17, 15) is 4.79 Å². The number of hydrogen-bond acceptors (Lipinski definition) is 10. The first kappa shape index (κ1) is 52.3. The third kappa shape index (κ3) is 12.6. The molecule has 0 spiro atoms. The molecule has 4 aromatic rings. The number of anilines is 1. The first-order valence-electron chi connectivity index (χ1n) is 25.8. The summed E-state index contributed by atoms with van der Waals surface area (Å²) in [5, 5.41) is 19.1. The Bertz CT molecular complexity index is 2770. The molecule has 6 heterocycles. The summed E-state index contributed by atoms with van der Waals surface area (Å²) in [5.41, 5.74) is 14.0. The molecule has 0 saturated carbocycles. The number of aryl methyl sites for hydroxylation is 2. The SMILES string of the molecule is C=C1NCC(=O)CCC1Nc1ccc(C2CCN(Cc3nn4c(c3Cl)C[N+](=Cc3cc(C)c(C5=CCN(C(C)/C(C)=C/c6c(/C=C(\C=C/NC(C)C)NC)ccnc6C)CC5)c(F)c3)CC4)CC2)cc1OC. The zero-order chi connectivity index (χ0) is 51.1. The Hall–Kier alpha value is -6.02. The molecule has 2 unspecified atom stereocenters. The van der Waals surface area contributed by atoms with Crippen LogP contribution in [-0.4, -0.2) is 113 Å². The number of fused-ring (bicyclic) bond motifs is 1. The number of ether oxygens (including phenoxy) is 1. The van der Waals surface area contributed by atoms with Gasteiger partial charge in [-0.2, -0.15) is 5.10 Å². The number of ketones is 1. The van der Waals surface area contributed by atoms with E-state index in [1.165, 1.54) is 11.1 Å². The lowest BCUT2D eigenvalue weighted by atomic mass is 9.89. The maximum Gasteiger partial charge on any atom is 0.186 e. The smallest absolute Gasteiger partial charge is 0.186 e. The Balaban J connectivity index is 0.862. The van der Waals surface area contributed by atoms with Crippen molar-refractivity contribution in [2.45, 2.75) is 117 Å². The molecule has 0 radical (unpaired) electrons. The van der Waals surface area contributed by atoms with Gasteiger partial charge in [0, 0.05) is 85.2 Å². The monoisotopic (exact) mass is 998 g/mol. The molecular weight excluding hydrogens is 923 g/mol. The summed E-state index contributed by atoms with van der Waals surface area (Å²) in [4.78, 5) is 21.5. The van der Waals surface area contributed by atoms with Crippen LogP contribution in [0.25, 0.3) is 17.7 Å². The molecule has 4 aliphatic heterocycles. The highest BCUT2D eigenvalue weighted by Gasteiger charge is 2.30. The number of hydrogen-bond donors (Lipinski definition) is 4. The third-order valence-electron chi connectivity index (χ3n) is 14.9. The van der Waals surface area contributed by atoms with Gasteiger partial charge in [0.1, 0.15) is 23.8 Å². The highest BCUT2D eigenvalue weighted by atomic mass is 35.5. The van der Waals surface area contributed by atoms with Crippen molar-refractivity contribution in [3.8, 4) is 5.75 Å². The highest BCUT2D eigenvalue weighted by molar-refractivity contribution is 6.31. The highest BCUT2D eigenvalue weighted by Crippen LogP contribution is 2.36. The van der Waals surface area contributed by atoms with Gasteiger partial charge in [-0.05, 0) is 157 Å². The van der Waals surface area contributed by atoms with Gasteiger partial charge in [-0.1, -0.05) is 42.0 Å². The summed E-state index contributed by atoms with van der Waals surface area (Å²) in [6.45, 7) is 23.5. The number of allylic oxidation sites excluding steroid dienone is 1.